The fourth-order valence-electron chi connectivity index (χ4n) is 3.97. The minimum atomic E-state index is -3.75. The van der Waals surface area contributed by atoms with E-state index in [0.29, 0.717) is 12.8 Å². The minimum Gasteiger partial charge on any atom is -0.342 e. The number of hydrogen-bond donors (Lipinski definition) is 1. The lowest BCUT2D eigenvalue weighted by Crippen LogP contribution is -2.54. The second-order valence-electron chi connectivity index (χ2n) is 6.56. The predicted molar refractivity (Wildman–Crippen MR) is 83.7 cm³/mol. The van der Waals surface area contributed by atoms with Crippen molar-refractivity contribution in [3.8, 4) is 0 Å². The van der Waals surface area contributed by atoms with E-state index >= 15 is 0 Å². The van der Waals surface area contributed by atoms with Crippen LogP contribution in [0.2, 0.25) is 0 Å². The molecule has 126 valence electrons. The van der Waals surface area contributed by atoms with Crippen molar-refractivity contribution in [3.05, 3.63) is 30.1 Å². The van der Waals surface area contributed by atoms with Gasteiger partial charge in [0.15, 0.2) is 0 Å². The zero-order chi connectivity index (χ0) is 16.7. The number of fused-ring (bicyclic) bond motifs is 1. The molecule has 0 bridgehead atoms. The van der Waals surface area contributed by atoms with Crippen molar-refractivity contribution in [3.63, 3.8) is 0 Å². The number of halogens is 1. The van der Waals surface area contributed by atoms with Crippen molar-refractivity contribution < 1.29 is 17.6 Å². The van der Waals surface area contributed by atoms with Crippen LogP contribution in [0, 0.1) is 11.2 Å². The van der Waals surface area contributed by atoms with Crippen molar-refractivity contribution >= 4 is 15.9 Å². The molecule has 1 aromatic carbocycles. The van der Waals surface area contributed by atoms with E-state index in [1.807, 2.05) is 0 Å². The molecule has 1 saturated carbocycles. The Morgan fingerprint density at radius 2 is 2.17 bits per heavy atom. The summed E-state index contributed by atoms with van der Waals surface area (Å²) in [4.78, 5) is 13.6. The second kappa shape index (κ2) is 5.87. The molecule has 3 rings (SSSR count). The Balaban J connectivity index is 1.78. The van der Waals surface area contributed by atoms with Gasteiger partial charge in [0.05, 0.1) is 4.90 Å². The maximum absolute atomic E-state index is 13.3. The van der Waals surface area contributed by atoms with E-state index in [1.54, 1.807) is 11.9 Å². The molecule has 1 aliphatic carbocycles. The van der Waals surface area contributed by atoms with Crippen LogP contribution in [-0.4, -0.2) is 38.9 Å². The Labute approximate surface area is 135 Å². The summed E-state index contributed by atoms with van der Waals surface area (Å²) >= 11 is 0. The lowest BCUT2D eigenvalue weighted by Gasteiger charge is -2.44. The molecule has 7 heteroatoms. The Morgan fingerprint density at radius 3 is 2.91 bits per heavy atom. The fraction of sp³-hybridized carbons (Fsp3) is 0.562. The first-order valence-electron chi connectivity index (χ1n) is 7.85. The third-order valence-corrected chi connectivity index (χ3v) is 6.68. The van der Waals surface area contributed by atoms with Gasteiger partial charge in [-0.15, -0.1) is 0 Å². The summed E-state index contributed by atoms with van der Waals surface area (Å²) in [5.41, 5.74) is -0.205. The van der Waals surface area contributed by atoms with E-state index in [2.05, 4.69) is 4.72 Å². The Morgan fingerprint density at radius 1 is 1.39 bits per heavy atom. The largest absolute Gasteiger partial charge is 0.342 e. The number of nitrogens with zero attached hydrogens (tertiary/aromatic N) is 1. The van der Waals surface area contributed by atoms with E-state index in [4.69, 9.17) is 0 Å². The third-order valence-electron chi connectivity index (χ3n) is 5.28. The maximum Gasteiger partial charge on any atom is 0.240 e. The summed E-state index contributed by atoms with van der Waals surface area (Å²) in [5.74, 6) is -0.451. The molecule has 1 aliphatic heterocycles. The van der Waals surface area contributed by atoms with E-state index < -0.39 is 15.8 Å². The number of carbonyl (C=O) groups excluding carboxylic acids is 1. The van der Waals surface area contributed by atoms with Crippen molar-refractivity contribution in [2.75, 3.05) is 13.6 Å². The average Bonchev–Trinajstić information content (AvgIpc) is 2.95. The van der Waals surface area contributed by atoms with E-state index in [9.17, 15) is 17.6 Å². The second-order valence-corrected chi connectivity index (χ2v) is 8.32. The highest BCUT2D eigenvalue weighted by atomic mass is 32.2. The average molecular weight is 340 g/mol. The molecule has 0 radical (unpaired) electrons. The molecule has 2 atom stereocenters. The first-order valence-corrected chi connectivity index (χ1v) is 9.33. The van der Waals surface area contributed by atoms with Gasteiger partial charge in [0, 0.05) is 31.5 Å². The van der Waals surface area contributed by atoms with Crippen LogP contribution in [-0.2, 0) is 14.8 Å². The smallest absolute Gasteiger partial charge is 0.240 e. The zero-order valence-corrected chi connectivity index (χ0v) is 13.9. The summed E-state index contributed by atoms with van der Waals surface area (Å²) < 4.78 is 40.7. The highest BCUT2D eigenvalue weighted by molar-refractivity contribution is 7.89. The monoisotopic (exact) mass is 340 g/mol. The number of benzene rings is 1. The molecular weight excluding hydrogens is 319 g/mol. The standard InChI is InChI=1S/C16H21FN2O3S/c1-19-14-6-3-8-16(14,9-7-15(19)20)11-18-23(21,22)13-5-2-4-12(17)10-13/h2,4-5,10,14,18H,3,6-9,11H2,1H3/t14-,16+/m1/s1. The molecule has 5 nitrogen and oxygen atoms in total. The van der Waals surface area contributed by atoms with Crippen molar-refractivity contribution in [1.29, 1.82) is 0 Å². The summed E-state index contributed by atoms with van der Waals surface area (Å²) in [6.07, 6.45) is 3.95. The van der Waals surface area contributed by atoms with Gasteiger partial charge >= 0.3 is 0 Å². The predicted octanol–water partition coefficient (Wildman–Crippen LogP) is 1.90. The van der Waals surface area contributed by atoms with Gasteiger partial charge in [-0.05, 0) is 37.5 Å². The normalized spacial score (nSPS) is 28.0. The molecule has 1 saturated heterocycles. The number of hydrogen-bond acceptors (Lipinski definition) is 3. The van der Waals surface area contributed by atoms with Crippen LogP contribution < -0.4 is 4.72 Å². The van der Waals surface area contributed by atoms with Crippen LogP contribution in [0.4, 0.5) is 4.39 Å². The van der Waals surface area contributed by atoms with Crippen LogP contribution >= 0.6 is 0 Å². The minimum absolute atomic E-state index is 0.0660. The molecule has 2 aliphatic rings. The molecule has 0 aromatic heterocycles. The van der Waals surface area contributed by atoms with Gasteiger partial charge < -0.3 is 4.90 Å². The topological polar surface area (TPSA) is 66.5 Å². The highest BCUT2D eigenvalue weighted by Crippen LogP contribution is 2.47. The number of amides is 1. The summed E-state index contributed by atoms with van der Waals surface area (Å²) in [5, 5.41) is 0. The molecule has 1 aromatic rings. The zero-order valence-electron chi connectivity index (χ0n) is 13.1. The van der Waals surface area contributed by atoms with E-state index in [-0.39, 0.29) is 28.8 Å². The third kappa shape index (κ3) is 2.99. The first-order chi connectivity index (χ1) is 10.8. The lowest BCUT2D eigenvalue weighted by molar-refractivity contribution is -0.139. The van der Waals surface area contributed by atoms with Gasteiger partial charge in [-0.25, -0.2) is 17.5 Å². The van der Waals surface area contributed by atoms with Crippen molar-refractivity contribution in [1.82, 2.24) is 9.62 Å². The molecule has 2 fully saturated rings. The van der Waals surface area contributed by atoms with Crippen LogP contribution in [0.5, 0.6) is 0 Å². The number of likely N-dealkylation sites (tertiary alicyclic amines) is 1. The number of carbonyl (C=O) groups is 1. The van der Waals surface area contributed by atoms with Crippen LogP contribution in [0.1, 0.15) is 32.1 Å². The number of nitrogens with one attached hydrogen (secondary N) is 1. The molecule has 0 spiro atoms. The molecular formula is C16H21FN2O3S. The first kappa shape index (κ1) is 16.4. The van der Waals surface area contributed by atoms with Crippen molar-refractivity contribution in [2.24, 2.45) is 5.41 Å². The van der Waals surface area contributed by atoms with Gasteiger partial charge in [0.2, 0.25) is 15.9 Å². The lowest BCUT2D eigenvalue weighted by atomic mass is 9.75. The summed E-state index contributed by atoms with van der Waals surface area (Å²) in [7, 11) is -1.95. The van der Waals surface area contributed by atoms with Crippen LogP contribution in [0.3, 0.4) is 0 Å². The molecule has 1 heterocycles. The van der Waals surface area contributed by atoms with Gasteiger partial charge in [-0.3, -0.25) is 4.79 Å². The Bertz CT molecular complexity index is 722. The maximum atomic E-state index is 13.3. The highest BCUT2D eigenvalue weighted by Gasteiger charge is 2.49. The summed E-state index contributed by atoms with van der Waals surface area (Å²) in [6, 6.07) is 5.08. The van der Waals surface area contributed by atoms with E-state index in [0.717, 1.165) is 25.3 Å². The molecule has 1 amide bonds. The SMILES string of the molecule is CN1C(=O)CC[C@]2(CNS(=O)(=O)c3cccc(F)c3)CCC[C@@H]12. The van der Waals surface area contributed by atoms with Gasteiger partial charge in [0.1, 0.15) is 5.82 Å². The van der Waals surface area contributed by atoms with Crippen LogP contribution in [0.15, 0.2) is 29.2 Å². The quantitative estimate of drug-likeness (QED) is 0.910. The number of rotatable bonds is 4. The van der Waals surface area contributed by atoms with Gasteiger partial charge in [-0.1, -0.05) is 12.5 Å². The molecule has 1 N–H and O–H groups in total. The van der Waals surface area contributed by atoms with Crippen LogP contribution in [0.25, 0.3) is 0 Å². The van der Waals surface area contributed by atoms with E-state index in [1.165, 1.54) is 18.2 Å². The molecule has 23 heavy (non-hydrogen) atoms. The van der Waals surface area contributed by atoms with Gasteiger partial charge in [-0.2, -0.15) is 0 Å². The Kier molecular flexibility index (Phi) is 4.18. The number of sulfonamides is 1. The van der Waals surface area contributed by atoms with Crippen molar-refractivity contribution in [2.45, 2.75) is 43.0 Å². The summed E-state index contributed by atoms with van der Waals surface area (Å²) in [6.45, 7) is 0.286. The molecule has 0 unspecified atom stereocenters. The Hall–Kier alpha value is -1.47. The van der Waals surface area contributed by atoms with Gasteiger partial charge in [0.25, 0.3) is 0 Å². The number of piperidine rings is 1. The fourth-order valence-corrected chi connectivity index (χ4v) is 5.14.